The second-order valence-electron chi connectivity index (χ2n) is 6.33. The van der Waals surface area contributed by atoms with Crippen LogP contribution in [-0.2, 0) is 20.9 Å². The summed E-state index contributed by atoms with van der Waals surface area (Å²) >= 11 is 0. The molecule has 1 aromatic heterocycles. The Bertz CT molecular complexity index is 886. The van der Waals surface area contributed by atoms with Crippen molar-refractivity contribution < 1.29 is 14.3 Å². The first-order valence-electron chi connectivity index (χ1n) is 8.29. The molecule has 25 heavy (non-hydrogen) atoms. The van der Waals surface area contributed by atoms with Crippen LogP contribution in [0.4, 0.5) is 0 Å². The molecule has 1 atom stereocenters. The van der Waals surface area contributed by atoms with Crippen molar-refractivity contribution in [3.63, 3.8) is 0 Å². The Hall–Kier alpha value is -2.70. The minimum absolute atomic E-state index is 0.0267. The second kappa shape index (κ2) is 6.66. The van der Waals surface area contributed by atoms with E-state index < -0.39 is 12.0 Å². The summed E-state index contributed by atoms with van der Waals surface area (Å²) in [6.45, 7) is 3.25. The second-order valence-corrected chi connectivity index (χ2v) is 6.33. The van der Waals surface area contributed by atoms with E-state index in [4.69, 9.17) is 4.74 Å². The Kier molecular flexibility index (Phi) is 4.57. The number of aryl methyl sites for hydroxylation is 1. The quantitative estimate of drug-likeness (QED) is 0.764. The average molecular weight is 343 g/mol. The molecule has 0 aliphatic heterocycles. The largest absolute Gasteiger partial charge is 0.467 e. The van der Waals surface area contributed by atoms with E-state index >= 15 is 0 Å². The topological polar surface area (TPSA) is 81.5 Å². The van der Waals surface area contributed by atoms with Gasteiger partial charge in [-0.15, -0.1) is 0 Å². The average Bonchev–Trinajstić information content (AvgIpc) is 3.43. The molecule has 1 aliphatic carbocycles. The number of hydrogen-bond donors (Lipinski definition) is 0. The van der Waals surface area contributed by atoms with Gasteiger partial charge in [0.25, 0.3) is 5.56 Å². The summed E-state index contributed by atoms with van der Waals surface area (Å²) in [6.07, 6.45) is 1.71. The number of nitrogens with zero attached hydrogens (tertiary/aromatic N) is 3. The van der Waals surface area contributed by atoms with Gasteiger partial charge in [0.1, 0.15) is 12.6 Å². The van der Waals surface area contributed by atoms with Crippen molar-refractivity contribution in [2.24, 2.45) is 0 Å². The number of benzene rings is 1. The number of carbonyl (C=O) groups excluding carboxylic acids is 2. The maximum absolute atomic E-state index is 12.8. The molecule has 0 unspecified atom stereocenters. The maximum atomic E-state index is 12.8. The molecule has 0 spiro atoms. The summed E-state index contributed by atoms with van der Waals surface area (Å²) in [5.41, 5.74) is 0.373. The van der Waals surface area contributed by atoms with Crippen LogP contribution >= 0.6 is 0 Å². The Morgan fingerprint density at radius 1 is 1.32 bits per heavy atom. The van der Waals surface area contributed by atoms with Crippen LogP contribution in [0.1, 0.15) is 25.5 Å². The molecule has 1 heterocycles. The minimum atomic E-state index is -0.678. The van der Waals surface area contributed by atoms with Gasteiger partial charge in [0.15, 0.2) is 0 Å². The molecule has 2 aromatic rings. The standard InChI is InChI=1S/C18H21N3O4/c1-11-14-6-4-5-7-15(14)17(23)20(19-11)10-16(22)21(13-8-9-13)12(2)18(24)25-3/h4-7,12-13H,8-10H2,1-3H3/t12-/m1/s1. The number of aromatic nitrogens is 2. The highest BCUT2D eigenvalue weighted by Crippen LogP contribution is 2.29. The van der Waals surface area contributed by atoms with Crippen molar-refractivity contribution in [2.75, 3.05) is 7.11 Å². The van der Waals surface area contributed by atoms with Gasteiger partial charge in [0.05, 0.1) is 18.2 Å². The zero-order chi connectivity index (χ0) is 18.1. The molecular formula is C18H21N3O4. The van der Waals surface area contributed by atoms with Crippen molar-refractivity contribution in [3.05, 3.63) is 40.3 Å². The molecule has 132 valence electrons. The summed E-state index contributed by atoms with van der Waals surface area (Å²) in [5, 5.41) is 5.57. The Labute approximate surface area is 145 Å². The molecule has 1 saturated carbocycles. The van der Waals surface area contributed by atoms with Crippen molar-refractivity contribution in [2.45, 2.75) is 45.3 Å². The van der Waals surface area contributed by atoms with Gasteiger partial charge in [-0.25, -0.2) is 9.48 Å². The van der Waals surface area contributed by atoms with Crippen molar-refractivity contribution in [3.8, 4) is 0 Å². The predicted molar refractivity (Wildman–Crippen MR) is 92.1 cm³/mol. The zero-order valence-electron chi connectivity index (χ0n) is 14.6. The van der Waals surface area contributed by atoms with E-state index in [1.807, 2.05) is 12.1 Å². The molecule has 7 heteroatoms. The normalized spacial score (nSPS) is 15.0. The zero-order valence-corrected chi connectivity index (χ0v) is 14.6. The number of carbonyl (C=O) groups is 2. The van der Waals surface area contributed by atoms with E-state index in [1.54, 1.807) is 26.0 Å². The minimum Gasteiger partial charge on any atom is -0.467 e. The molecule has 1 amide bonds. The third-order valence-electron chi connectivity index (χ3n) is 4.53. The highest BCUT2D eigenvalue weighted by Gasteiger charge is 2.39. The monoisotopic (exact) mass is 343 g/mol. The number of rotatable bonds is 5. The van der Waals surface area contributed by atoms with Crippen LogP contribution < -0.4 is 5.56 Å². The van der Waals surface area contributed by atoms with E-state index in [9.17, 15) is 14.4 Å². The van der Waals surface area contributed by atoms with Crippen LogP contribution in [0, 0.1) is 6.92 Å². The lowest BCUT2D eigenvalue weighted by Gasteiger charge is -2.27. The third kappa shape index (κ3) is 3.26. The molecule has 1 fully saturated rings. The van der Waals surface area contributed by atoms with Crippen LogP contribution in [0.25, 0.3) is 10.8 Å². The summed E-state index contributed by atoms with van der Waals surface area (Å²) in [5.74, 6) is -0.764. The first-order chi connectivity index (χ1) is 11.9. The molecule has 1 aliphatic rings. The van der Waals surface area contributed by atoms with Gasteiger partial charge in [0, 0.05) is 11.4 Å². The first-order valence-corrected chi connectivity index (χ1v) is 8.29. The molecule has 3 rings (SSSR count). The molecule has 0 bridgehead atoms. The van der Waals surface area contributed by atoms with Gasteiger partial charge in [-0.1, -0.05) is 18.2 Å². The van der Waals surface area contributed by atoms with Gasteiger partial charge in [-0.05, 0) is 32.8 Å². The highest BCUT2D eigenvalue weighted by molar-refractivity contribution is 5.86. The number of ether oxygens (including phenoxy) is 1. The molecule has 0 saturated heterocycles. The number of fused-ring (bicyclic) bond motifs is 1. The van der Waals surface area contributed by atoms with E-state index in [1.165, 1.54) is 16.7 Å². The first kappa shape index (κ1) is 17.1. The van der Waals surface area contributed by atoms with E-state index in [0.29, 0.717) is 11.1 Å². The van der Waals surface area contributed by atoms with Gasteiger partial charge in [-0.3, -0.25) is 9.59 Å². The maximum Gasteiger partial charge on any atom is 0.328 e. The lowest BCUT2D eigenvalue weighted by molar-refractivity contribution is -0.153. The predicted octanol–water partition coefficient (Wildman–Crippen LogP) is 1.26. The lowest BCUT2D eigenvalue weighted by Crippen LogP contribution is -2.47. The van der Waals surface area contributed by atoms with Crippen LogP contribution in [-0.4, -0.2) is 45.8 Å². The molecule has 0 N–H and O–H groups in total. The van der Waals surface area contributed by atoms with Crippen molar-refractivity contribution in [1.29, 1.82) is 0 Å². The summed E-state index contributed by atoms with van der Waals surface area (Å²) in [6, 6.07) is 6.54. The van der Waals surface area contributed by atoms with Crippen molar-refractivity contribution >= 4 is 22.6 Å². The van der Waals surface area contributed by atoms with Gasteiger partial charge >= 0.3 is 5.97 Å². The number of esters is 1. The Balaban J connectivity index is 1.92. The lowest BCUT2D eigenvalue weighted by atomic mass is 10.1. The fourth-order valence-corrected chi connectivity index (χ4v) is 3.09. The van der Waals surface area contributed by atoms with Crippen LogP contribution in [0.5, 0.6) is 0 Å². The van der Waals surface area contributed by atoms with Crippen LogP contribution in [0.2, 0.25) is 0 Å². The Morgan fingerprint density at radius 2 is 1.96 bits per heavy atom. The third-order valence-corrected chi connectivity index (χ3v) is 4.53. The van der Waals surface area contributed by atoms with E-state index in [-0.39, 0.29) is 24.1 Å². The van der Waals surface area contributed by atoms with E-state index in [2.05, 4.69) is 5.10 Å². The van der Waals surface area contributed by atoms with E-state index in [0.717, 1.165) is 18.2 Å². The van der Waals surface area contributed by atoms with Crippen LogP contribution in [0.15, 0.2) is 29.1 Å². The summed E-state index contributed by atoms with van der Waals surface area (Å²) in [4.78, 5) is 38.8. The van der Waals surface area contributed by atoms with Crippen LogP contribution in [0.3, 0.4) is 0 Å². The molecule has 1 aromatic carbocycles. The Morgan fingerprint density at radius 3 is 2.56 bits per heavy atom. The molecule has 7 nitrogen and oxygen atoms in total. The SMILES string of the molecule is COC(=O)[C@@H](C)N(C(=O)Cn1nc(C)c2ccccc2c1=O)C1CC1. The smallest absolute Gasteiger partial charge is 0.328 e. The summed E-state index contributed by atoms with van der Waals surface area (Å²) in [7, 11) is 1.30. The summed E-state index contributed by atoms with van der Waals surface area (Å²) < 4.78 is 5.93. The number of amides is 1. The fraction of sp³-hybridized carbons (Fsp3) is 0.444. The van der Waals surface area contributed by atoms with Gasteiger partial charge in [-0.2, -0.15) is 5.10 Å². The number of hydrogen-bond acceptors (Lipinski definition) is 5. The fourth-order valence-electron chi connectivity index (χ4n) is 3.09. The molecule has 0 radical (unpaired) electrons. The molecular weight excluding hydrogens is 322 g/mol. The van der Waals surface area contributed by atoms with Gasteiger partial charge < -0.3 is 9.64 Å². The van der Waals surface area contributed by atoms with Crippen molar-refractivity contribution in [1.82, 2.24) is 14.7 Å². The number of methoxy groups -OCH3 is 1. The van der Waals surface area contributed by atoms with Gasteiger partial charge in [0.2, 0.25) is 5.91 Å². The highest BCUT2D eigenvalue weighted by atomic mass is 16.5.